The minimum Gasteiger partial charge on any atom is -0.380 e. The molecule has 4 rings (SSSR count). The molecule has 152 valence electrons. The van der Waals surface area contributed by atoms with Crippen LogP contribution in [0.15, 0.2) is 35.3 Å². The number of hydrogen-bond donors (Lipinski definition) is 0. The summed E-state index contributed by atoms with van der Waals surface area (Å²) in [6.45, 7) is 5.83. The molecule has 1 aliphatic rings. The minimum absolute atomic E-state index is 0.196. The maximum Gasteiger partial charge on any atom is 0.279 e. The van der Waals surface area contributed by atoms with Crippen molar-refractivity contribution in [1.29, 1.82) is 0 Å². The molecule has 2 aromatic carbocycles. The smallest absolute Gasteiger partial charge is 0.279 e. The van der Waals surface area contributed by atoms with Gasteiger partial charge in [-0.3, -0.25) is 4.79 Å². The second-order valence-corrected chi connectivity index (χ2v) is 8.78. The van der Waals surface area contributed by atoms with E-state index in [1.165, 1.54) is 35.3 Å². The Morgan fingerprint density at radius 2 is 2.00 bits per heavy atom. The average molecular weight is 429 g/mol. The van der Waals surface area contributed by atoms with E-state index in [1.807, 2.05) is 38.1 Å². The van der Waals surface area contributed by atoms with Crippen LogP contribution in [-0.2, 0) is 24.1 Å². The van der Waals surface area contributed by atoms with E-state index in [0.717, 1.165) is 28.6 Å². The molecule has 1 amide bonds. The molecule has 6 heteroatoms. The average Bonchev–Trinajstić information content (AvgIpc) is 3.08. The van der Waals surface area contributed by atoms with Crippen LogP contribution in [-0.4, -0.2) is 23.7 Å². The van der Waals surface area contributed by atoms with Gasteiger partial charge in [0, 0.05) is 23.7 Å². The second kappa shape index (κ2) is 8.82. The number of hydrogen-bond acceptors (Lipinski definition) is 3. The molecule has 0 atom stereocenters. The van der Waals surface area contributed by atoms with Crippen LogP contribution in [0.3, 0.4) is 0 Å². The van der Waals surface area contributed by atoms with Gasteiger partial charge in [0.1, 0.15) is 0 Å². The van der Waals surface area contributed by atoms with Gasteiger partial charge in [-0.05, 0) is 80.5 Å². The van der Waals surface area contributed by atoms with Crippen molar-refractivity contribution in [3.05, 3.63) is 62.4 Å². The highest BCUT2D eigenvalue weighted by Crippen LogP contribution is 2.27. The normalized spacial score (nSPS) is 14.4. The fourth-order valence-corrected chi connectivity index (χ4v) is 5.19. The Morgan fingerprint density at radius 1 is 1.21 bits per heavy atom. The summed E-state index contributed by atoms with van der Waals surface area (Å²) in [7, 11) is 0. The van der Waals surface area contributed by atoms with Crippen molar-refractivity contribution in [1.82, 2.24) is 4.57 Å². The van der Waals surface area contributed by atoms with Gasteiger partial charge in [0.2, 0.25) is 0 Å². The molecule has 4 nitrogen and oxygen atoms in total. The number of aryl methyl sites for hydroxylation is 3. The van der Waals surface area contributed by atoms with Gasteiger partial charge in [0.15, 0.2) is 4.80 Å². The van der Waals surface area contributed by atoms with E-state index in [9.17, 15) is 4.79 Å². The fraction of sp³-hybridized carbons (Fsp3) is 0.391. The third kappa shape index (κ3) is 4.18. The summed E-state index contributed by atoms with van der Waals surface area (Å²) in [6, 6.07) is 9.93. The molecule has 3 aromatic rings. The number of nitrogens with zero attached hydrogens (tertiary/aromatic N) is 2. The maximum absolute atomic E-state index is 13.0. The number of amides is 1. The third-order valence-corrected chi connectivity index (χ3v) is 6.94. The number of aromatic nitrogens is 1. The third-order valence-electron chi connectivity index (χ3n) is 5.49. The number of carbonyl (C=O) groups is 1. The topological polar surface area (TPSA) is 43.6 Å². The lowest BCUT2D eigenvalue weighted by Crippen LogP contribution is -2.20. The number of carbonyl (C=O) groups excluding carboxylic acids is 1. The van der Waals surface area contributed by atoms with Gasteiger partial charge >= 0.3 is 0 Å². The number of fused-ring (bicyclic) bond motifs is 2. The van der Waals surface area contributed by atoms with Crippen molar-refractivity contribution in [2.75, 3.05) is 13.2 Å². The van der Waals surface area contributed by atoms with Gasteiger partial charge in [-0.25, -0.2) is 0 Å². The lowest BCUT2D eigenvalue weighted by Gasteiger charge is -2.15. The Morgan fingerprint density at radius 3 is 2.79 bits per heavy atom. The number of thiazole rings is 1. The van der Waals surface area contributed by atoms with Crippen molar-refractivity contribution < 1.29 is 9.53 Å². The van der Waals surface area contributed by atoms with Crippen LogP contribution in [0.1, 0.15) is 46.8 Å². The molecule has 0 fully saturated rings. The highest BCUT2D eigenvalue weighted by molar-refractivity contribution is 7.16. The largest absolute Gasteiger partial charge is 0.380 e. The molecule has 1 aliphatic carbocycles. The predicted molar refractivity (Wildman–Crippen MR) is 119 cm³/mol. The first-order valence-corrected chi connectivity index (χ1v) is 11.3. The van der Waals surface area contributed by atoms with E-state index < -0.39 is 0 Å². The second-order valence-electron chi connectivity index (χ2n) is 7.36. The summed E-state index contributed by atoms with van der Waals surface area (Å²) < 4.78 is 8.69. The zero-order chi connectivity index (χ0) is 20.4. The van der Waals surface area contributed by atoms with Gasteiger partial charge in [-0.15, -0.1) is 0 Å². The summed E-state index contributed by atoms with van der Waals surface area (Å²) in [4.78, 5) is 18.2. The molecule has 1 heterocycles. The minimum atomic E-state index is -0.196. The highest BCUT2D eigenvalue weighted by Gasteiger charge is 2.15. The summed E-state index contributed by atoms with van der Waals surface area (Å²) >= 11 is 7.88. The number of ether oxygens (including phenoxy) is 1. The van der Waals surface area contributed by atoms with Crippen molar-refractivity contribution in [3.8, 4) is 0 Å². The lowest BCUT2D eigenvalue weighted by atomic mass is 9.90. The zero-order valence-electron chi connectivity index (χ0n) is 16.8. The fourth-order valence-electron chi connectivity index (χ4n) is 3.93. The van der Waals surface area contributed by atoms with E-state index in [1.54, 1.807) is 0 Å². The number of benzene rings is 2. The molecule has 0 aliphatic heterocycles. The molecular weight excluding hydrogens is 404 g/mol. The van der Waals surface area contributed by atoms with Gasteiger partial charge in [0.05, 0.1) is 16.8 Å². The quantitative estimate of drug-likeness (QED) is 0.516. The lowest BCUT2D eigenvalue weighted by molar-refractivity contribution is 0.0996. The zero-order valence-corrected chi connectivity index (χ0v) is 18.4. The Bertz CT molecular complexity index is 1130. The first kappa shape index (κ1) is 20.3. The van der Waals surface area contributed by atoms with Crippen molar-refractivity contribution in [2.45, 2.75) is 46.1 Å². The summed E-state index contributed by atoms with van der Waals surface area (Å²) in [5, 5.41) is 0.716. The van der Waals surface area contributed by atoms with Crippen molar-refractivity contribution in [2.24, 2.45) is 4.99 Å². The van der Waals surface area contributed by atoms with Gasteiger partial charge < -0.3 is 9.30 Å². The standard InChI is InChI=1S/C23H25ClN2O2S/c1-3-28-13-12-26-21-15(2)19(24)10-11-20(21)29-23(26)25-22(27)18-9-8-16-6-4-5-7-17(16)14-18/h8-11,14H,3-7,12-13H2,1-2H3. The van der Waals surface area contributed by atoms with E-state index in [4.69, 9.17) is 16.3 Å². The van der Waals surface area contributed by atoms with Crippen molar-refractivity contribution >= 4 is 39.1 Å². The Balaban J connectivity index is 1.77. The van der Waals surface area contributed by atoms with Gasteiger partial charge in [-0.1, -0.05) is 29.0 Å². The maximum atomic E-state index is 13.0. The Labute approximate surface area is 179 Å². The molecule has 0 unspecified atom stereocenters. The van der Waals surface area contributed by atoms with E-state index in [0.29, 0.717) is 35.1 Å². The summed E-state index contributed by atoms with van der Waals surface area (Å²) in [5.41, 5.74) is 5.35. The van der Waals surface area contributed by atoms with Crippen LogP contribution in [0.5, 0.6) is 0 Å². The summed E-state index contributed by atoms with van der Waals surface area (Å²) in [6.07, 6.45) is 4.57. The molecule has 0 N–H and O–H groups in total. The monoisotopic (exact) mass is 428 g/mol. The molecule has 1 aromatic heterocycles. The first-order chi connectivity index (χ1) is 14.1. The van der Waals surface area contributed by atoms with Crippen LogP contribution in [0.4, 0.5) is 0 Å². The Kier molecular flexibility index (Phi) is 6.18. The van der Waals surface area contributed by atoms with Crippen LogP contribution in [0, 0.1) is 6.92 Å². The van der Waals surface area contributed by atoms with E-state index in [2.05, 4.69) is 15.6 Å². The Hall–Kier alpha value is -1.95. The highest BCUT2D eigenvalue weighted by atomic mass is 35.5. The van der Waals surface area contributed by atoms with Crippen LogP contribution < -0.4 is 4.80 Å². The number of halogens is 1. The van der Waals surface area contributed by atoms with Crippen molar-refractivity contribution in [3.63, 3.8) is 0 Å². The van der Waals surface area contributed by atoms with Crippen LogP contribution in [0.2, 0.25) is 5.02 Å². The summed E-state index contributed by atoms with van der Waals surface area (Å²) in [5.74, 6) is -0.196. The van der Waals surface area contributed by atoms with Gasteiger partial charge in [0.25, 0.3) is 5.91 Å². The predicted octanol–water partition coefficient (Wildman–Crippen LogP) is 5.32. The van der Waals surface area contributed by atoms with E-state index in [-0.39, 0.29) is 5.91 Å². The van der Waals surface area contributed by atoms with Gasteiger partial charge in [-0.2, -0.15) is 4.99 Å². The molecule has 0 radical (unpaired) electrons. The van der Waals surface area contributed by atoms with E-state index >= 15 is 0 Å². The first-order valence-electron chi connectivity index (χ1n) is 10.2. The molecule has 0 saturated heterocycles. The van der Waals surface area contributed by atoms with Crippen LogP contribution in [0.25, 0.3) is 10.2 Å². The molecule has 0 bridgehead atoms. The SMILES string of the molecule is CCOCCn1c(=NC(=O)c2ccc3c(c2)CCCC3)sc2ccc(Cl)c(C)c21. The molecule has 29 heavy (non-hydrogen) atoms. The molecule has 0 saturated carbocycles. The molecular formula is C23H25ClN2O2S. The van der Waals surface area contributed by atoms with Crippen LogP contribution >= 0.6 is 22.9 Å². The molecule has 0 spiro atoms. The number of rotatable bonds is 5.